The number of nitrogens with zero attached hydrogens (tertiary/aromatic N) is 1. The largest absolute Gasteiger partial charge is 0.481 e. The molecule has 4 rings (SSSR count). The lowest BCUT2D eigenvalue weighted by molar-refractivity contribution is -0.0543. The average Bonchev–Trinajstić information content (AvgIpc) is 2.90. The highest BCUT2D eigenvalue weighted by molar-refractivity contribution is 7.90. The van der Waals surface area contributed by atoms with E-state index in [4.69, 9.17) is 21.3 Å². The van der Waals surface area contributed by atoms with Crippen molar-refractivity contribution in [2.24, 2.45) is 5.92 Å². The Labute approximate surface area is 236 Å². The Kier molecular flexibility index (Phi) is 8.96. The van der Waals surface area contributed by atoms with Crippen molar-refractivity contribution in [3.8, 4) is 5.88 Å². The normalized spacial score (nSPS) is 21.3. The maximum Gasteiger partial charge on any atom is 0.217 e. The Bertz CT molecular complexity index is 1520. The Hall–Kier alpha value is -2.97. The van der Waals surface area contributed by atoms with E-state index in [1.54, 1.807) is 31.4 Å². The molecule has 0 saturated carbocycles. The highest BCUT2D eigenvalue weighted by Gasteiger charge is 2.47. The number of aromatic nitrogens is 1. The molecule has 0 amide bonds. The van der Waals surface area contributed by atoms with E-state index < -0.39 is 21.4 Å². The highest BCUT2D eigenvalue weighted by atomic mass is 35.5. The van der Waals surface area contributed by atoms with Gasteiger partial charge in [-0.1, -0.05) is 60.2 Å². The minimum absolute atomic E-state index is 0.122. The van der Waals surface area contributed by atoms with Crippen LogP contribution < -0.4 is 10.1 Å². The van der Waals surface area contributed by atoms with Crippen LogP contribution in [0.1, 0.15) is 36.8 Å². The molecule has 3 aromatic rings. The summed E-state index contributed by atoms with van der Waals surface area (Å²) in [5, 5.41) is 17.4. The molecule has 39 heavy (non-hydrogen) atoms. The predicted octanol–water partition coefficient (Wildman–Crippen LogP) is 5.85. The summed E-state index contributed by atoms with van der Waals surface area (Å²) < 4.78 is 30.4. The van der Waals surface area contributed by atoms with E-state index in [2.05, 4.69) is 18.8 Å². The third kappa shape index (κ3) is 6.44. The Morgan fingerprint density at radius 3 is 2.67 bits per heavy atom. The molecule has 0 spiro atoms. The van der Waals surface area contributed by atoms with E-state index in [1.165, 1.54) is 6.26 Å². The number of fused-ring (bicyclic) bond motifs is 1. The molecule has 0 radical (unpaired) electrons. The van der Waals surface area contributed by atoms with Crippen LogP contribution in [0.25, 0.3) is 10.9 Å². The van der Waals surface area contributed by atoms with Crippen molar-refractivity contribution < 1.29 is 18.3 Å². The van der Waals surface area contributed by atoms with Gasteiger partial charge in [0, 0.05) is 40.6 Å². The number of pyridine rings is 1. The van der Waals surface area contributed by atoms with Crippen LogP contribution in [0, 0.1) is 5.92 Å². The minimum atomic E-state index is -3.41. The lowest BCUT2D eigenvalue weighted by atomic mass is 9.66. The molecule has 2 heterocycles. The number of methoxy groups -OCH3 is 1. The molecule has 1 aromatic heterocycles. The number of allylic oxidation sites excluding steroid dienone is 5. The molecular weight excluding hydrogens is 532 g/mol. The molecule has 2 aromatic carbocycles. The summed E-state index contributed by atoms with van der Waals surface area (Å²) >= 11 is 6.25. The van der Waals surface area contributed by atoms with E-state index in [0.29, 0.717) is 53.3 Å². The number of sulfone groups is 1. The van der Waals surface area contributed by atoms with E-state index in [9.17, 15) is 13.5 Å². The van der Waals surface area contributed by atoms with Crippen LogP contribution in [-0.2, 0) is 9.84 Å². The van der Waals surface area contributed by atoms with E-state index >= 15 is 0 Å². The van der Waals surface area contributed by atoms with Crippen molar-refractivity contribution >= 4 is 32.3 Å². The van der Waals surface area contributed by atoms with Crippen molar-refractivity contribution in [1.29, 1.82) is 0 Å². The second-order valence-corrected chi connectivity index (χ2v) is 12.6. The number of piperidine rings is 1. The van der Waals surface area contributed by atoms with Gasteiger partial charge in [-0.25, -0.2) is 13.4 Å². The number of aliphatic hydroxyl groups is 1. The first-order valence-corrected chi connectivity index (χ1v) is 15.2. The number of hydrogen-bond donors (Lipinski definition) is 2. The lowest BCUT2D eigenvalue weighted by Gasteiger charge is -2.46. The maximum atomic E-state index is 12.6. The van der Waals surface area contributed by atoms with Crippen molar-refractivity contribution in [2.75, 3.05) is 26.5 Å². The summed E-state index contributed by atoms with van der Waals surface area (Å²) in [5.41, 5.74) is 2.16. The van der Waals surface area contributed by atoms with Gasteiger partial charge in [0.25, 0.3) is 0 Å². The van der Waals surface area contributed by atoms with Gasteiger partial charge >= 0.3 is 0 Å². The summed E-state index contributed by atoms with van der Waals surface area (Å²) in [6.45, 7) is 7.07. The number of halogens is 1. The SMILES string of the molecule is C=C/C=C\C=C(/C)CC1CNCCC1(O)C(c1ccc(Cl)cc1)c1cc2cc(S(C)(=O)=O)ccc2nc1OC. The molecule has 3 atom stereocenters. The van der Waals surface area contributed by atoms with Crippen molar-refractivity contribution in [3.63, 3.8) is 0 Å². The molecule has 6 nitrogen and oxygen atoms in total. The number of benzene rings is 2. The van der Waals surface area contributed by atoms with Crippen LogP contribution in [0.15, 0.2) is 89.9 Å². The van der Waals surface area contributed by atoms with Crippen LogP contribution in [0.5, 0.6) is 5.88 Å². The summed E-state index contributed by atoms with van der Waals surface area (Å²) in [6.07, 6.45) is 9.96. The molecule has 3 unspecified atom stereocenters. The number of ether oxygens (including phenoxy) is 1. The van der Waals surface area contributed by atoms with Gasteiger partial charge in [0.15, 0.2) is 9.84 Å². The summed E-state index contributed by atoms with van der Waals surface area (Å²) in [6, 6.07) is 14.2. The van der Waals surface area contributed by atoms with Crippen molar-refractivity contribution in [3.05, 3.63) is 101 Å². The third-order valence-corrected chi connectivity index (χ3v) is 8.77. The van der Waals surface area contributed by atoms with E-state index in [1.807, 2.05) is 48.6 Å². The van der Waals surface area contributed by atoms with Gasteiger partial charge in [0.2, 0.25) is 5.88 Å². The first kappa shape index (κ1) is 29.0. The van der Waals surface area contributed by atoms with Gasteiger partial charge < -0.3 is 15.2 Å². The van der Waals surface area contributed by atoms with Crippen LogP contribution in [0.3, 0.4) is 0 Å². The molecule has 206 valence electrons. The lowest BCUT2D eigenvalue weighted by Crippen LogP contribution is -2.54. The van der Waals surface area contributed by atoms with Gasteiger partial charge in [0.05, 0.1) is 23.1 Å². The summed E-state index contributed by atoms with van der Waals surface area (Å²) in [5.74, 6) is -0.239. The molecular formula is C31H35ClN2O4S. The quantitative estimate of drug-likeness (QED) is 0.316. The molecule has 1 aliphatic rings. The molecule has 1 fully saturated rings. The van der Waals surface area contributed by atoms with Gasteiger partial charge in [-0.2, -0.15) is 0 Å². The van der Waals surface area contributed by atoms with Gasteiger partial charge in [-0.05, 0) is 68.3 Å². The average molecular weight is 567 g/mol. The van der Waals surface area contributed by atoms with Gasteiger partial charge in [-0.3, -0.25) is 0 Å². The van der Waals surface area contributed by atoms with E-state index in [0.717, 1.165) is 11.1 Å². The number of rotatable bonds is 9. The first-order valence-electron chi connectivity index (χ1n) is 12.9. The Morgan fingerprint density at radius 1 is 1.26 bits per heavy atom. The van der Waals surface area contributed by atoms with Crippen molar-refractivity contribution in [2.45, 2.75) is 36.2 Å². The van der Waals surface area contributed by atoms with E-state index in [-0.39, 0.29) is 10.8 Å². The number of hydrogen-bond acceptors (Lipinski definition) is 6. The van der Waals surface area contributed by atoms with Crippen LogP contribution in [0.2, 0.25) is 5.02 Å². The van der Waals surface area contributed by atoms with Crippen LogP contribution >= 0.6 is 11.6 Å². The molecule has 1 saturated heterocycles. The predicted molar refractivity (Wildman–Crippen MR) is 158 cm³/mol. The Morgan fingerprint density at radius 2 is 2.00 bits per heavy atom. The van der Waals surface area contributed by atoms with Crippen LogP contribution in [-0.4, -0.2) is 50.6 Å². The molecule has 2 N–H and O–H groups in total. The fraction of sp³-hybridized carbons (Fsp3) is 0.323. The van der Waals surface area contributed by atoms with Gasteiger partial charge in [-0.15, -0.1) is 0 Å². The van der Waals surface area contributed by atoms with Crippen LogP contribution in [0.4, 0.5) is 0 Å². The zero-order valence-corrected chi connectivity index (χ0v) is 24.1. The van der Waals surface area contributed by atoms with Crippen molar-refractivity contribution in [1.82, 2.24) is 10.3 Å². The fourth-order valence-electron chi connectivity index (χ4n) is 5.48. The zero-order valence-electron chi connectivity index (χ0n) is 22.5. The fourth-order valence-corrected chi connectivity index (χ4v) is 6.26. The molecule has 1 aliphatic heterocycles. The smallest absolute Gasteiger partial charge is 0.217 e. The Balaban J connectivity index is 1.92. The molecule has 8 heteroatoms. The summed E-state index contributed by atoms with van der Waals surface area (Å²) in [4.78, 5) is 4.95. The monoisotopic (exact) mass is 566 g/mol. The summed E-state index contributed by atoms with van der Waals surface area (Å²) in [7, 11) is -1.85. The first-order chi connectivity index (χ1) is 18.6. The molecule has 0 aliphatic carbocycles. The standard InChI is InChI=1S/C31H35ClN2O4S/c1-5-6-7-8-21(2)17-24-20-33-16-15-31(24,35)29(22-9-11-25(32)12-10-22)27-19-23-18-26(39(4,36)37)13-14-28(23)34-30(27)38-3/h5-14,18-19,24,29,33,35H,1,15-17,20H2,2-4H3/b7-6-,21-8+. The topological polar surface area (TPSA) is 88.5 Å². The third-order valence-electron chi connectivity index (χ3n) is 7.41. The minimum Gasteiger partial charge on any atom is -0.481 e. The second kappa shape index (κ2) is 12.0. The number of nitrogens with one attached hydrogen (secondary N) is 1. The highest BCUT2D eigenvalue weighted by Crippen LogP contribution is 2.47. The zero-order chi connectivity index (χ0) is 28.2. The second-order valence-electron chi connectivity index (χ2n) is 10.2. The molecule has 0 bridgehead atoms. The van der Waals surface area contributed by atoms with Gasteiger partial charge in [0.1, 0.15) is 0 Å². The maximum absolute atomic E-state index is 12.6.